The van der Waals surface area contributed by atoms with Gasteiger partial charge in [0.05, 0.1) is 28.6 Å². The van der Waals surface area contributed by atoms with E-state index < -0.39 is 0 Å². The van der Waals surface area contributed by atoms with E-state index in [1.807, 2.05) is 80.3 Å². The SMILES string of the molecule is Cc1cccc(-n2nc(-c3ccccc3Cl)cc2C(=O)N2CC(C)OC(C)C2)c1. The van der Waals surface area contributed by atoms with Crippen molar-refractivity contribution in [2.24, 2.45) is 0 Å². The highest BCUT2D eigenvalue weighted by molar-refractivity contribution is 6.33. The number of nitrogens with zero attached hydrogens (tertiary/aromatic N) is 3. The molecule has 6 heteroatoms. The lowest BCUT2D eigenvalue weighted by atomic mass is 10.1. The minimum atomic E-state index is -0.0562. The molecule has 1 aromatic heterocycles. The summed E-state index contributed by atoms with van der Waals surface area (Å²) >= 11 is 6.40. The Morgan fingerprint density at radius 1 is 1.07 bits per heavy atom. The van der Waals surface area contributed by atoms with Crippen LogP contribution in [0, 0.1) is 6.92 Å². The van der Waals surface area contributed by atoms with E-state index in [2.05, 4.69) is 0 Å². The first-order chi connectivity index (χ1) is 13.9. The molecule has 150 valence electrons. The maximum Gasteiger partial charge on any atom is 0.272 e. The molecule has 0 saturated carbocycles. The molecular weight excluding hydrogens is 386 g/mol. The van der Waals surface area contributed by atoms with Crippen LogP contribution in [0.5, 0.6) is 0 Å². The molecule has 1 aliphatic heterocycles. The van der Waals surface area contributed by atoms with Crippen molar-refractivity contribution in [2.45, 2.75) is 33.0 Å². The molecular formula is C23H24ClN3O2. The van der Waals surface area contributed by atoms with Gasteiger partial charge in [0.25, 0.3) is 5.91 Å². The van der Waals surface area contributed by atoms with E-state index in [4.69, 9.17) is 21.4 Å². The van der Waals surface area contributed by atoms with Crippen LogP contribution in [0.2, 0.25) is 5.02 Å². The zero-order chi connectivity index (χ0) is 20.5. The molecule has 1 aliphatic rings. The first-order valence-electron chi connectivity index (χ1n) is 9.79. The Morgan fingerprint density at radius 2 is 1.79 bits per heavy atom. The molecule has 1 amide bonds. The number of hydrogen-bond acceptors (Lipinski definition) is 3. The fraction of sp³-hybridized carbons (Fsp3) is 0.304. The van der Waals surface area contributed by atoms with Crippen molar-refractivity contribution in [1.82, 2.24) is 14.7 Å². The minimum Gasteiger partial charge on any atom is -0.372 e. The normalized spacial score (nSPS) is 19.4. The molecule has 0 N–H and O–H groups in total. The van der Waals surface area contributed by atoms with Gasteiger partial charge >= 0.3 is 0 Å². The summed E-state index contributed by atoms with van der Waals surface area (Å²) in [7, 11) is 0. The number of halogens is 1. The Kier molecular flexibility index (Phi) is 5.43. The van der Waals surface area contributed by atoms with Gasteiger partial charge in [0.15, 0.2) is 0 Å². The topological polar surface area (TPSA) is 47.4 Å². The summed E-state index contributed by atoms with van der Waals surface area (Å²) in [4.78, 5) is 15.3. The Hall–Kier alpha value is -2.63. The van der Waals surface area contributed by atoms with Crippen molar-refractivity contribution < 1.29 is 9.53 Å². The first-order valence-corrected chi connectivity index (χ1v) is 10.2. The van der Waals surface area contributed by atoms with Crippen LogP contribution >= 0.6 is 11.6 Å². The summed E-state index contributed by atoms with van der Waals surface area (Å²) < 4.78 is 7.51. The third kappa shape index (κ3) is 4.07. The van der Waals surface area contributed by atoms with Crippen LogP contribution in [0.3, 0.4) is 0 Å². The van der Waals surface area contributed by atoms with E-state index in [0.29, 0.717) is 29.5 Å². The Labute approximate surface area is 175 Å². The van der Waals surface area contributed by atoms with Crippen molar-refractivity contribution in [3.63, 3.8) is 0 Å². The van der Waals surface area contributed by atoms with Crippen molar-refractivity contribution in [1.29, 1.82) is 0 Å². The second-order valence-electron chi connectivity index (χ2n) is 7.61. The van der Waals surface area contributed by atoms with Gasteiger partial charge in [-0.1, -0.05) is 41.9 Å². The fourth-order valence-corrected chi connectivity index (χ4v) is 4.03. The highest BCUT2D eigenvalue weighted by atomic mass is 35.5. The van der Waals surface area contributed by atoms with Crippen molar-refractivity contribution in [3.8, 4) is 16.9 Å². The van der Waals surface area contributed by atoms with E-state index in [-0.39, 0.29) is 18.1 Å². The lowest BCUT2D eigenvalue weighted by molar-refractivity contribution is -0.0588. The number of amides is 1. The molecule has 3 aromatic rings. The van der Waals surface area contributed by atoms with Gasteiger partial charge in [0, 0.05) is 18.7 Å². The van der Waals surface area contributed by atoms with Gasteiger partial charge in [-0.05, 0) is 50.6 Å². The highest BCUT2D eigenvalue weighted by Crippen LogP contribution is 2.29. The molecule has 2 atom stereocenters. The molecule has 5 nitrogen and oxygen atoms in total. The number of hydrogen-bond donors (Lipinski definition) is 0. The van der Waals surface area contributed by atoms with E-state index >= 15 is 0 Å². The monoisotopic (exact) mass is 409 g/mol. The molecule has 2 aromatic carbocycles. The second-order valence-corrected chi connectivity index (χ2v) is 8.02. The number of aromatic nitrogens is 2. The zero-order valence-corrected chi connectivity index (χ0v) is 17.6. The summed E-state index contributed by atoms with van der Waals surface area (Å²) in [6.45, 7) is 7.12. The maximum absolute atomic E-state index is 13.5. The predicted octanol–water partition coefficient (Wildman–Crippen LogP) is 4.75. The smallest absolute Gasteiger partial charge is 0.272 e. The Morgan fingerprint density at radius 3 is 2.48 bits per heavy atom. The molecule has 1 fully saturated rings. The highest BCUT2D eigenvalue weighted by Gasteiger charge is 2.29. The Balaban J connectivity index is 1.81. The molecule has 2 heterocycles. The maximum atomic E-state index is 13.5. The summed E-state index contributed by atoms with van der Waals surface area (Å²) in [5, 5.41) is 5.37. The average molecular weight is 410 g/mol. The van der Waals surface area contributed by atoms with Crippen LogP contribution in [-0.4, -0.2) is 45.9 Å². The number of rotatable bonds is 3. The van der Waals surface area contributed by atoms with E-state index in [9.17, 15) is 4.79 Å². The van der Waals surface area contributed by atoms with Crippen molar-refractivity contribution in [2.75, 3.05) is 13.1 Å². The van der Waals surface area contributed by atoms with Gasteiger partial charge in [0.2, 0.25) is 0 Å². The molecule has 0 bridgehead atoms. The first kappa shape index (κ1) is 19.7. The average Bonchev–Trinajstić information content (AvgIpc) is 3.12. The number of carbonyl (C=O) groups is 1. The molecule has 0 aliphatic carbocycles. The summed E-state index contributed by atoms with van der Waals surface area (Å²) in [6, 6.07) is 17.3. The van der Waals surface area contributed by atoms with Crippen LogP contribution in [0.1, 0.15) is 29.9 Å². The summed E-state index contributed by atoms with van der Waals surface area (Å²) in [5.41, 5.74) is 3.95. The van der Waals surface area contributed by atoms with Gasteiger partial charge in [0.1, 0.15) is 5.69 Å². The van der Waals surface area contributed by atoms with Crippen molar-refractivity contribution in [3.05, 3.63) is 70.9 Å². The van der Waals surface area contributed by atoms with Gasteiger partial charge < -0.3 is 9.64 Å². The number of aryl methyl sites for hydroxylation is 1. The van der Waals surface area contributed by atoms with Crippen LogP contribution in [0.15, 0.2) is 54.6 Å². The molecule has 4 rings (SSSR count). The van der Waals surface area contributed by atoms with Crippen LogP contribution in [-0.2, 0) is 4.74 Å². The van der Waals surface area contributed by atoms with E-state index in [0.717, 1.165) is 16.8 Å². The molecule has 0 radical (unpaired) electrons. The third-order valence-electron chi connectivity index (χ3n) is 5.03. The molecule has 29 heavy (non-hydrogen) atoms. The van der Waals surface area contributed by atoms with E-state index in [1.54, 1.807) is 4.68 Å². The molecule has 0 spiro atoms. The van der Waals surface area contributed by atoms with Crippen LogP contribution < -0.4 is 0 Å². The van der Waals surface area contributed by atoms with Gasteiger partial charge in [-0.25, -0.2) is 4.68 Å². The minimum absolute atomic E-state index is 0.000999. The van der Waals surface area contributed by atoms with Crippen LogP contribution in [0.25, 0.3) is 16.9 Å². The standard InChI is InChI=1S/C23H24ClN3O2/c1-15-7-6-8-18(11-15)27-22(23(28)26-13-16(2)29-17(3)14-26)12-21(25-27)19-9-4-5-10-20(19)24/h4-12,16-17H,13-14H2,1-3H3. The predicted molar refractivity (Wildman–Crippen MR) is 115 cm³/mol. The lowest BCUT2D eigenvalue weighted by Crippen LogP contribution is -2.48. The number of morpholine rings is 1. The quantitative estimate of drug-likeness (QED) is 0.627. The number of carbonyl (C=O) groups excluding carboxylic acids is 1. The number of ether oxygens (including phenoxy) is 1. The van der Waals surface area contributed by atoms with Gasteiger partial charge in [-0.3, -0.25) is 4.79 Å². The lowest BCUT2D eigenvalue weighted by Gasteiger charge is -2.35. The largest absolute Gasteiger partial charge is 0.372 e. The summed E-state index contributed by atoms with van der Waals surface area (Å²) in [5.74, 6) is -0.0562. The van der Waals surface area contributed by atoms with Gasteiger partial charge in [-0.15, -0.1) is 0 Å². The van der Waals surface area contributed by atoms with E-state index in [1.165, 1.54) is 0 Å². The number of benzene rings is 2. The summed E-state index contributed by atoms with van der Waals surface area (Å²) in [6.07, 6.45) is 0.00200. The van der Waals surface area contributed by atoms with Crippen molar-refractivity contribution >= 4 is 17.5 Å². The molecule has 1 saturated heterocycles. The second kappa shape index (κ2) is 8.01. The zero-order valence-electron chi connectivity index (χ0n) is 16.8. The van der Waals surface area contributed by atoms with Crippen LogP contribution in [0.4, 0.5) is 0 Å². The van der Waals surface area contributed by atoms with Gasteiger partial charge in [-0.2, -0.15) is 5.10 Å². The Bertz CT molecular complexity index is 1040. The third-order valence-corrected chi connectivity index (χ3v) is 5.36. The molecule has 2 unspecified atom stereocenters. The fourth-order valence-electron chi connectivity index (χ4n) is 3.80.